The minimum Gasteiger partial charge on any atom is -0.457 e. The normalized spacial score (nSPS) is 14.6. The number of hydrogen-bond acceptors (Lipinski definition) is 10. The van der Waals surface area contributed by atoms with Gasteiger partial charge in [-0.3, -0.25) is 0 Å². The van der Waals surface area contributed by atoms with Crippen LogP contribution in [0, 0.1) is 0 Å². The molecule has 0 amide bonds. The zero-order valence-corrected chi connectivity index (χ0v) is 61.5. The van der Waals surface area contributed by atoms with Gasteiger partial charge in [0.15, 0.2) is 29.1 Å². The van der Waals surface area contributed by atoms with E-state index in [0.717, 1.165) is 89.7 Å². The number of fused-ring (bicyclic) bond motifs is 18. The first-order chi connectivity index (χ1) is 53.9. The van der Waals surface area contributed by atoms with Crippen LogP contribution in [-0.2, 0) is 20.1 Å². The van der Waals surface area contributed by atoms with Gasteiger partial charge in [-0.1, -0.05) is 315 Å². The Morgan fingerprint density at radius 1 is 0.236 bits per heavy atom. The van der Waals surface area contributed by atoms with Gasteiger partial charge in [0, 0.05) is 50.1 Å². The van der Waals surface area contributed by atoms with Crippen molar-refractivity contribution in [3.63, 3.8) is 0 Å². The van der Waals surface area contributed by atoms with Gasteiger partial charge in [-0.05, 0) is 148 Å². The summed E-state index contributed by atoms with van der Waals surface area (Å²) in [5.74, 6) is 6.46. The summed E-state index contributed by atoms with van der Waals surface area (Å²) in [5, 5.41) is 0.191. The van der Waals surface area contributed by atoms with Crippen LogP contribution in [-0.4, -0.2) is 48.2 Å². The van der Waals surface area contributed by atoms with Crippen molar-refractivity contribution in [1.29, 1.82) is 0 Å². The van der Waals surface area contributed by atoms with Gasteiger partial charge in [0.25, 0.3) is 0 Å². The average molecular weight is 1440 g/mol. The Bertz CT molecular complexity index is 6100. The molecule has 2 aliphatic carbocycles. The lowest BCUT2D eigenvalue weighted by Crippen LogP contribution is -2.41. The number of para-hydroxylation sites is 2. The van der Waals surface area contributed by atoms with Crippen LogP contribution in [0.4, 0.5) is 0 Å². The van der Waals surface area contributed by atoms with Gasteiger partial charge >= 0.3 is 7.12 Å². The standard InChI is InChI=1S/C46H29N3O.C31H27BO3.C21H14ClN3/c1-3-13-30(14-4-1)31-23-25-33(26-24-31)44-47-43(32-15-5-2-6-16-32)48-45(49-44)34-27-28-42-40(29-34)46(39-21-11-12-22-41(39)50-42)37-19-9-7-17-35(37)36-18-8-10-20-38(36)46;1-29(2)30(3,4)35-32(34-29)20-17-18-28-26(19-20)31(25-15-9-10-16-27(25)33-28)23-13-7-5-11-21(23)22-12-6-8-14-24(22)31;22-21-24-19(17-9-5-2-6-10-17)23-20(25-21)18-13-11-16(12-14-18)15-7-3-1-4-8-15/h1-29H;5-19H,1-4H3;1-14H. The molecule has 14 aromatic carbocycles. The zero-order chi connectivity index (χ0) is 74.1. The molecule has 0 bridgehead atoms. The monoisotopic (exact) mass is 1440 g/mol. The lowest BCUT2D eigenvalue weighted by molar-refractivity contribution is 0.00578. The van der Waals surface area contributed by atoms with E-state index in [1.54, 1.807) is 0 Å². The van der Waals surface area contributed by atoms with E-state index in [1.807, 2.05) is 109 Å². The molecule has 0 N–H and O–H groups in total. The minimum atomic E-state index is -0.571. The Kier molecular flexibility index (Phi) is 16.8. The van der Waals surface area contributed by atoms with Gasteiger partial charge in [-0.25, -0.2) is 19.9 Å². The molecule has 2 spiro atoms. The molecule has 110 heavy (non-hydrogen) atoms. The van der Waals surface area contributed by atoms with Crippen molar-refractivity contribution in [3.8, 4) is 124 Å². The molecule has 5 aliphatic rings. The first-order valence-electron chi connectivity index (χ1n) is 37.1. The third-order valence-electron chi connectivity index (χ3n) is 22.3. The fourth-order valence-electron chi connectivity index (χ4n) is 16.4. The second kappa shape index (κ2) is 27.3. The van der Waals surface area contributed by atoms with E-state index in [4.69, 9.17) is 45.3 Å². The molecule has 2 aromatic heterocycles. The van der Waals surface area contributed by atoms with Crippen molar-refractivity contribution < 1.29 is 18.8 Å². The molecular formula is C98H70BClN6O4. The van der Waals surface area contributed by atoms with E-state index < -0.39 is 29.2 Å². The molecule has 1 saturated heterocycles. The number of ether oxygens (including phenoxy) is 2. The lowest BCUT2D eigenvalue weighted by Gasteiger charge is -2.39. The SMILES string of the molecule is CC1(C)OB(c2ccc3c(c2)C2(c4ccccc4O3)c3ccccc3-c3ccccc32)OC1(C)C.Clc1nc(-c2ccccc2)nc(-c2ccc(-c3ccccc3)cc2)n1.c1ccc(-c2ccc(-c3nc(-c4ccccc4)nc(-c4ccc5c(c4)C4(c6ccccc6O5)c5ccccc5-c5ccccc54)n3)cc2)cc1. The van der Waals surface area contributed by atoms with E-state index in [1.165, 1.54) is 55.6 Å². The maximum atomic E-state index is 6.67. The second-order valence-corrected chi connectivity index (χ2v) is 29.4. The van der Waals surface area contributed by atoms with Crippen molar-refractivity contribution in [2.24, 2.45) is 0 Å². The fraction of sp³-hybridized carbons (Fsp3) is 0.0816. The fourth-order valence-corrected chi connectivity index (χ4v) is 16.6. The van der Waals surface area contributed by atoms with Crippen molar-refractivity contribution in [2.45, 2.75) is 49.7 Å². The van der Waals surface area contributed by atoms with Crippen LogP contribution in [0.25, 0.3) is 101 Å². The number of nitrogens with zero attached hydrogens (tertiary/aromatic N) is 6. The van der Waals surface area contributed by atoms with E-state index in [2.05, 4.69) is 285 Å². The van der Waals surface area contributed by atoms with Crippen LogP contribution in [0.15, 0.2) is 352 Å². The molecule has 21 rings (SSSR count). The molecule has 16 aromatic rings. The molecule has 10 nitrogen and oxygen atoms in total. The highest BCUT2D eigenvalue weighted by Gasteiger charge is 2.55. The largest absolute Gasteiger partial charge is 0.494 e. The van der Waals surface area contributed by atoms with Gasteiger partial charge in [-0.2, -0.15) is 9.97 Å². The van der Waals surface area contributed by atoms with Gasteiger partial charge in [0.1, 0.15) is 23.0 Å². The third-order valence-corrected chi connectivity index (χ3v) is 22.5. The van der Waals surface area contributed by atoms with Crippen molar-refractivity contribution in [3.05, 3.63) is 402 Å². The van der Waals surface area contributed by atoms with Gasteiger partial charge in [0.2, 0.25) is 5.28 Å². The quantitative estimate of drug-likeness (QED) is 0.136. The summed E-state index contributed by atoms with van der Waals surface area (Å²) in [6.45, 7) is 8.37. The molecule has 5 heterocycles. The number of rotatable bonds is 8. The summed E-state index contributed by atoms with van der Waals surface area (Å²) < 4.78 is 26.1. The second-order valence-electron chi connectivity index (χ2n) is 29.1. The van der Waals surface area contributed by atoms with E-state index in [-0.39, 0.29) is 5.28 Å². The van der Waals surface area contributed by atoms with Crippen molar-refractivity contribution in [1.82, 2.24) is 29.9 Å². The lowest BCUT2D eigenvalue weighted by atomic mass is 9.64. The highest BCUT2D eigenvalue weighted by Crippen LogP contribution is 2.64. The van der Waals surface area contributed by atoms with Crippen LogP contribution in [0.2, 0.25) is 5.28 Å². The molecule has 1 fully saturated rings. The first-order valence-corrected chi connectivity index (χ1v) is 37.5. The highest BCUT2D eigenvalue weighted by atomic mass is 35.5. The predicted octanol–water partition coefficient (Wildman–Crippen LogP) is 23.0. The maximum absolute atomic E-state index is 6.67. The van der Waals surface area contributed by atoms with Crippen LogP contribution in [0.1, 0.15) is 72.2 Å². The minimum absolute atomic E-state index is 0.191. The van der Waals surface area contributed by atoms with Crippen LogP contribution in [0.5, 0.6) is 23.0 Å². The Labute approximate surface area is 644 Å². The average Bonchev–Trinajstić information content (AvgIpc) is 1.23. The summed E-state index contributed by atoms with van der Waals surface area (Å²) in [5.41, 5.74) is 22.9. The van der Waals surface area contributed by atoms with E-state index >= 15 is 0 Å². The van der Waals surface area contributed by atoms with Gasteiger partial charge in [0.05, 0.1) is 22.0 Å². The van der Waals surface area contributed by atoms with Crippen LogP contribution >= 0.6 is 11.6 Å². The van der Waals surface area contributed by atoms with Crippen molar-refractivity contribution >= 4 is 24.2 Å². The molecule has 0 radical (unpaired) electrons. The molecule has 526 valence electrons. The van der Waals surface area contributed by atoms with Gasteiger partial charge in [-0.15, -0.1) is 0 Å². The number of hydrogen-bond donors (Lipinski definition) is 0. The van der Waals surface area contributed by atoms with Crippen molar-refractivity contribution in [2.75, 3.05) is 0 Å². The summed E-state index contributed by atoms with van der Waals surface area (Å²) >= 11 is 6.11. The Balaban J connectivity index is 0.000000119. The summed E-state index contributed by atoms with van der Waals surface area (Å²) in [6, 6.07) is 122. The number of benzene rings is 14. The molecular weight excluding hydrogens is 1370 g/mol. The predicted molar refractivity (Wildman–Crippen MR) is 440 cm³/mol. The van der Waals surface area contributed by atoms with E-state index in [9.17, 15) is 0 Å². The van der Waals surface area contributed by atoms with Crippen LogP contribution < -0.4 is 14.9 Å². The maximum Gasteiger partial charge on any atom is 0.494 e. The topological polar surface area (TPSA) is 114 Å². The Morgan fingerprint density at radius 3 is 0.891 bits per heavy atom. The number of halogens is 1. The smallest absolute Gasteiger partial charge is 0.457 e. The Hall–Kier alpha value is -13.0. The number of aromatic nitrogens is 6. The molecule has 0 atom stereocenters. The zero-order valence-electron chi connectivity index (χ0n) is 60.8. The molecule has 0 saturated carbocycles. The summed E-state index contributed by atoms with van der Waals surface area (Å²) in [4.78, 5) is 28.3. The van der Waals surface area contributed by atoms with Crippen LogP contribution in [0.3, 0.4) is 0 Å². The molecule has 12 heteroatoms. The Morgan fingerprint density at radius 2 is 0.500 bits per heavy atom. The van der Waals surface area contributed by atoms with Gasteiger partial charge < -0.3 is 18.8 Å². The first kappa shape index (κ1) is 67.6. The molecule has 3 aliphatic heterocycles. The highest BCUT2D eigenvalue weighted by molar-refractivity contribution is 6.62. The molecule has 0 unspecified atom stereocenters. The summed E-state index contributed by atoms with van der Waals surface area (Å²) in [7, 11) is -0.439. The third kappa shape index (κ3) is 11.5. The summed E-state index contributed by atoms with van der Waals surface area (Å²) in [6.07, 6.45) is 0. The van der Waals surface area contributed by atoms with E-state index in [0.29, 0.717) is 29.1 Å².